The van der Waals surface area contributed by atoms with Crippen LogP contribution in [0.4, 0.5) is 9.18 Å². The van der Waals surface area contributed by atoms with Crippen molar-refractivity contribution < 1.29 is 18.7 Å². The third-order valence-electron chi connectivity index (χ3n) is 4.59. The van der Waals surface area contributed by atoms with Gasteiger partial charge in [-0.05, 0) is 38.5 Å². The standard InChI is InChI=1S/C18H23FN2O3/c1-18(2,3)24-17(23)21-9-11-8-20(4)16(22)14-7-12(19)5-6-13(14)15(11)10-21/h5-7,11,15H,8-10H2,1-4H3. The van der Waals surface area contributed by atoms with Crippen LogP contribution in [0.2, 0.25) is 0 Å². The average molecular weight is 334 g/mol. The van der Waals surface area contributed by atoms with Crippen molar-refractivity contribution in [1.29, 1.82) is 0 Å². The zero-order valence-corrected chi connectivity index (χ0v) is 14.5. The Morgan fingerprint density at radius 3 is 2.62 bits per heavy atom. The highest BCUT2D eigenvalue weighted by Crippen LogP contribution is 2.38. The predicted octanol–water partition coefficient (Wildman–Crippen LogP) is 2.86. The topological polar surface area (TPSA) is 49.9 Å². The zero-order valence-electron chi connectivity index (χ0n) is 14.5. The van der Waals surface area contributed by atoms with Gasteiger partial charge in [-0.2, -0.15) is 0 Å². The second kappa shape index (κ2) is 5.76. The molecule has 130 valence electrons. The van der Waals surface area contributed by atoms with Gasteiger partial charge in [0.2, 0.25) is 0 Å². The number of fused-ring (bicyclic) bond motifs is 3. The van der Waals surface area contributed by atoms with Crippen molar-refractivity contribution in [3.05, 3.63) is 35.1 Å². The molecule has 0 aliphatic carbocycles. The van der Waals surface area contributed by atoms with Crippen molar-refractivity contribution in [2.45, 2.75) is 32.3 Å². The van der Waals surface area contributed by atoms with E-state index in [0.29, 0.717) is 25.2 Å². The summed E-state index contributed by atoms with van der Waals surface area (Å²) in [5.74, 6) is -0.445. The molecule has 0 N–H and O–H groups in total. The van der Waals surface area contributed by atoms with Crippen molar-refractivity contribution >= 4 is 12.0 Å². The fourth-order valence-electron chi connectivity index (χ4n) is 3.56. The molecule has 0 spiro atoms. The number of hydrogen-bond donors (Lipinski definition) is 0. The van der Waals surface area contributed by atoms with Crippen LogP contribution in [0.3, 0.4) is 0 Å². The molecule has 0 saturated carbocycles. The Bertz CT molecular complexity index is 683. The number of hydrogen-bond acceptors (Lipinski definition) is 3. The van der Waals surface area contributed by atoms with Gasteiger partial charge in [0.05, 0.1) is 0 Å². The van der Waals surface area contributed by atoms with Crippen LogP contribution < -0.4 is 0 Å². The maximum atomic E-state index is 13.6. The number of benzene rings is 1. The molecule has 0 radical (unpaired) electrons. The van der Waals surface area contributed by atoms with Gasteiger partial charge in [0.15, 0.2) is 0 Å². The van der Waals surface area contributed by atoms with Gasteiger partial charge >= 0.3 is 6.09 Å². The molecular formula is C18H23FN2O3. The Morgan fingerprint density at radius 2 is 1.96 bits per heavy atom. The number of halogens is 1. The lowest BCUT2D eigenvalue weighted by Gasteiger charge is -2.25. The van der Waals surface area contributed by atoms with E-state index in [0.717, 1.165) is 5.56 Å². The van der Waals surface area contributed by atoms with Gasteiger partial charge in [-0.1, -0.05) is 6.07 Å². The minimum Gasteiger partial charge on any atom is -0.444 e. The van der Waals surface area contributed by atoms with E-state index in [1.165, 1.54) is 12.1 Å². The number of rotatable bonds is 0. The van der Waals surface area contributed by atoms with Gasteiger partial charge in [-0.15, -0.1) is 0 Å². The van der Waals surface area contributed by atoms with Crippen LogP contribution in [0.5, 0.6) is 0 Å². The lowest BCUT2D eigenvalue weighted by Crippen LogP contribution is -2.37. The summed E-state index contributed by atoms with van der Waals surface area (Å²) in [7, 11) is 1.72. The van der Waals surface area contributed by atoms with Crippen LogP contribution in [0.1, 0.15) is 42.6 Å². The second-order valence-corrected chi connectivity index (χ2v) is 7.67. The minimum absolute atomic E-state index is 0.0158. The van der Waals surface area contributed by atoms with Crippen molar-refractivity contribution in [3.63, 3.8) is 0 Å². The lowest BCUT2D eigenvalue weighted by atomic mass is 9.87. The molecular weight excluding hydrogens is 311 g/mol. The fourth-order valence-corrected chi connectivity index (χ4v) is 3.56. The lowest BCUT2D eigenvalue weighted by molar-refractivity contribution is 0.0284. The first-order valence-electron chi connectivity index (χ1n) is 8.18. The smallest absolute Gasteiger partial charge is 0.410 e. The summed E-state index contributed by atoms with van der Waals surface area (Å²) in [6.07, 6.45) is -0.340. The summed E-state index contributed by atoms with van der Waals surface area (Å²) >= 11 is 0. The van der Waals surface area contributed by atoms with Crippen LogP contribution >= 0.6 is 0 Å². The molecule has 24 heavy (non-hydrogen) atoms. The zero-order chi connectivity index (χ0) is 17.6. The average Bonchev–Trinajstić information content (AvgIpc) is 2.85. The molecule has 2 atom stereocenters. The van der Waals surface area contributed by atoms with Crippen LogP contribution in [-0.4, -0.2) is 54.1 Å². The van der Waals surface area contributed by atoms with Gasteiger partial charge in [0.1, 0.15) is 11.4 Å². The molecule has 6 heteroatoms. The van der Waals surface area contributed by atoms with Gasteiger partial charge in [-0.3, -0.25) is 4.79 Å². The van der Waals surface area contributed by atoms with Gasteiger partial charge in [-0.25, -0.2) is 9.18 Å². The molecule has 3 rings (SSSR count). The third-order valence-corrected chi connectivity index (χ3v) is 4.59. The van der Waals surface area contributed by atoms with E-state index in [2.05, 4.69) is 0 Å². The van der Waals surface area contributed by atoms with E-state index in [9.17, 15) is 14.0 Å². The number of carbonyl (C=O) groups excluding carboxylic acids is 2. The number of carbonyl (C=O) groups is 2. The maximum Gasteiger partial charge on any atom is 0.410 e. The van der Waals surface area contributed by atoms with Gasteiger partial charge in [0.25, 0.3) is 5.91 Å². The molecule has 1 aromatic rings. The summed E-state index contributed by atoms with van der Waals surface area (Å²) in [6, 6.07) is 4.36. The number of ether oxygens (including phenoxy) is 1. The summed E-state index contributed by atoms with van der Waals surface area (Å²) in [5, 5.41) is 0. The SMILES string of the molecule is CN1CC2CN(C(=O)OC(C)(C)C)CC2c2ccc(F)cc2C1=O. The Hall–Kier alpha value is -2.11. The van der Waals surface area contributed by atoms with Crippen LogP contribution in [0.15, 0.2) is 18.2 Å². The van der Waals surface area contributed by atoms with Crippen LogP contribution in [0, 0.1) is 11.7 Å². The second-order valence-electron chi connectivity index (χ2n) is 7.67. The summed E-state index contributed by atoms with van der Waals surface area (Å²) in [4.78, 5) is 28.1. The minimum atomic E-state index is -0.546. The fraction of sp³-hybridized carbons (Fsp3) is 0.556. The van der Waals surface area contributed by atoms with E-state index in [1.54, 1.807) is 22.9 Å². The molecule has 2 aliphatic rings. The summed E-state index contributed by atoms with van der Waals surface area (Å²) < 4.78 is 19.1. The molecule has 2 heterocycles. The monoisotopic (exact) mass is 334 g/mol. The Morgan fingerprint density at radius 1 is 1.25 bits per heavy atom. The van der Waals surface area contributed by atoms with Crippen molar-refractivity contribution in [3.8, 4) is 0 Å². The number of nitrogens with zero attached hydrogens (tertiary/aromatic N) is 2. The van der Waals surface area contributed by atoms with Crippen molar-refractivity contribution in [2.75, 3.05) is 26.7 Å². The summed E-state index contributed by atoms with van der Waals surface area (Å²) in [5.41, 5.74) is 0.674. The third kappa shape index (κ3) is 3.09. The molecule has 0 aromatic heterocycles. The predicted molar refractivity (Wildman–Crippen MR) is 87.4 cm³/mol. The van der Waals surface area contributed by atoms with Crippen LogP contribution in [0.25, 0.3) is 0 Å². The van der Waals surface area contributed by atoms with E-state index in [-0.39, 0.29) is 23.8 Å². The quantitative estimate of drug-likeness (QED) is 0.733. The number of amides is 2. The maximum absolute atomic E-state index is 13.6. The van der Waals surface area contributed by atoms with Gasteiger partial charge in [0, 0.05) is 44.1 Å². The van der Waals surface area contributed by atoms with Crippen LogP contribution in [-0.2, 0) is 4.74 Å². The van der Waals surface area contributed by atoms with E-state index in [1.807, 2.05) is 20.8 Å². The highest BCUT2D eigenvalue weighted by atomic mass is 19.1. The molecule has 1 aromatic carbocycles. The number of likely N-dealkylation sites (tertiary alicyclic amines) is 1. The van der Waals surface area contributed by atoms with E-state index < -0.39 is 11.4 Å². The Balaban J connectivity index is 1.90. The van der Waals surface area contributed by atoms with Crippen molar-refractivity contribution in [2.24, 2.45) is 5.92 Å². The molecule has 1 saturated heterocycles. The molecule has 2 unspecified atom stereocenters. The molecule has 0 bridgehead atoms. The van der Waals surface area contributed by atoms with E-state index in [4.69, 9.17) is 4.74 Å². The highest BCUT2D eigenvalue weighted by Gasteiger charge is 2.42. The normalized spacial score (nSPS) is 23.6. The molecule has 2 amide bonds. The highest BCUT2D eigenvalue weighted by molar-refractivity contribution is 5.96. The molecule has 5 nitrogen and oxygen atoms in total. The summed E-state index contributed by atoms with van der Waals surface area (Å²) in [6.45, 7) is 7.07. The first-order valence-corrected chi connectivity index (χ1v) is 8.18. The van der Waals surface area contributed by atoms with Crippen molar-refractivity contribution in [1.82, 2.24) is 9.80 Å². The first kappa shape index (κ1) is 16.7. The first-order chi connectivity index (χ1) is 11.2. The van der Waals surface area contributed by atoms with Gasteiger partial charge < -0.3 is 14.5 Å². The molecule has 2 aliphatic heterocycles. The Labute approximate surface area is 141 Å². The van der Waals surface area contributed by atoms with E-state index >= 15 is 0 Å². The molecule has 1 fully saturated rings. The Kier molecular flexibility index (Phi) is 4.01. The largest absolute Gasteiger partial charge is 0.444 e.